The molecule has 23 heavy (non-hydrogen) atoms. The molecule has 132 valence electrons. The summed E-state index contributed by atoms with van der Waals surface area (Å²) in [5.41, 5.74) is 0. The molecule has 1 saturated heterocycles. The van der Waals surface area contributed by atoms with Gasteiger partial charge in [-0.05, 0) is 43.9 Å². The van der Waals surface area contributed by atoms with E-state index in [2.05, 4.69) is 11.8 Å². The maximum Gasteiger partial charge on any atom is 0.152 e. The number of unbranched alkanes of at least 4 members (excludes halogenated alkanes) is 4. The molecule has 1 aromatic carbocycles. The van der Waals surface area contributed by atoms with Gasteiger partial charge in [0.2, 0.25) is 0 Å². The van der Waals surface area contributed by atoms with Crippen LogP contribution in [-0.2, 0) is 0 Å². The molecule has 0 amide bonds. The zero-order valence-electron chi connectivity index (χ0n) is 13.9. The van der Waals surface area contributed by atoms with Gasteiger partial charge in [-0.15, -0.1) is 12.4 Å². The highest BCUT2D eigenvalue weighted by Gasteiger charge is 2.24. The van der Waals surface area contributed by atoms with E-state index < -0.39 is 0 Å². The van der Waals surface area contributed by atoms with Crippen LogP contribution in [0.5, 0.6) is 5.75 Å². The number of halogens is 3. The monoisotopic (exact) mass is 379 g/mol. The van der Waals surface area contributed by atoms with Crippen LogP contribution in [0.2, 0.25) is 10.0 Å². The van der Waals surface area contributed by atoms with Crippen LogP contribution in [-0.4, -0.2) is 24.2 Å². The van der Waals surface area contributed by atoms with Crippen LogP contribution in [0.25, 0.3) is 0 Å². The molecule has 1 unspecified atom stereocenters. The molecule has 0 spiro atoms. The molecule has 0 aromatic heterocycles. The van der Waals surface area contributed by atoms with E-state index in [4.69, 9.17) is 27.9 Å². The Morgan fingerprint density at radius 2 is 1.91 bits per heavy atom. The largest absolute Gasteiger partial charge is 0.474 e. The van der Waals surface area contributed by atoms with Crippen LogP contribution in [0.1, 0.15) is 58.3 Å². The minimum absolute atomic E-state index is 0. The Hall–Kier alpha value is -0.150. The van der Waals surface area contributed by atoms with Crippen molar-refractivity contribution in [3.8, 4) is 5.75 Å². The predicted octanol–water partition coefficient (Wildman–Crippen LogP) is 6.58. The third-order valence-electron chi connectivity index (χ3n) is 4.26. The highest BCUT2D eigenvalue weighted by molar-refractivity contribution is 6.35. The number of hydrogen-bond acceptors (Lipinski definition) is 2. The van der Waals surface area contributed by atoms with Crippen LogP contribution >= 0.6 is 35.6 Å². The smallest absolute Gasteiger partial charge is 0.152 e. The second-order valence-corrected chi connectivity index (χ2v) is 6.94. The van der Waals surface area contributed by atoms with E-state index >= 15 is 0 Å². The Morgan fingerprint density at radius 1 is 1.13 bits per heavy atom. The fraction of sp³-hybridized carbons (Fsp3) is 0.667. The lowest BCUT2D eigenvalue weighted by Crippen LogP contribution is -2.43. The zero-order chi connectivity index (χ0) is 15.8. The number of piperidine rings is 1. The minimum atomic E-state index is 0. The molecule has 1 aliphatic heterocycles. The van der Waals surface area contributed by atoms with Crippen LogP contribution in [0.15, 0.2) is 18.2 Å². The summed E-state index contributed by atoms with van der Waals surface area (Å²) < 4.78 is 6.17. The molecular formula is C18H28Cl3NO. The third kappa shape index (κ3) is 7.09. The highest BCUT2D eigenvalue weighted by atomic mass is 35.5. The highest BCUT2D eigenvalue weighted by Crippen LogP contribution is 2.30. The summed E-state index contributed by atoms with van der Waals surface area (Å²) in [7, 11) is 0. The van der Waals surface area contributed by atoms with Gasteiger partial charge in [0.1, 0.15) is 5.75 Å². The first-order valence-electron chi connectivity index (χ1n) is 8.56. The maximum absolute atomic E-state index is 6.23. The number of likely N-dealkylation sites (tertiary alicyclic amines) is 1. The Bertz CT molecular complexity index is 456. The van der Waals surface area contributed by atoms with Crippen LogP contribution < -0.4 is 4.74 Å². The summed E-state index contributed by atoms with van der Waals surface area (Å²) in [5.74, 6) is 0.744. The molecule has 1 aliphatic rings. The lowest BCUT2D eigenvalue weighted by molar-refractivity contribution is -0.00467. The summed E-state index contributed by atoms with van der Waals surface area (Å²) in [4.78, 5) is 2.47. The van der Waals surface area contributed by atoms with E-state index in [1.165, 1.54) is 44.9 Å². The average Bonchev–Trinajstić information content (AvgIpc) is 2.51. The summed E-state index contributed by atoms with van der Waals surface area (Å²) >= 11 is 12.2. The van der Waals surface area contributed by atoms with Crippen molar-refractivity contribution in [2.45, 2.75) is 64.5 Å². The summed E-state index contributed by atoms with van der Waals surface area (Å²) in [6.45, 7) is 4.51. The van der Waals surface area contributed by atoms with Gasteiger partial charge in [-0.1, -0.05) is 55.8 Å². The fourth-order valence-electron chi connectivity index (χ4n) is 2.99. The molecule has 1 atom stereocenters. The van der Waals surface area contributed by atoms with Crippen LogP contribution in [0.3, 0.4) is 0 Å². The number of benzene rings is 1. The van der Waals surface area contributed by atoms with E-state index in [0.29, 0.717) is 10.0 Å². The van der Waals surface area contributed by atoms with Gasteiger partial charge in [0.05, 0.1) is 5.02 Å². The Labute approximate surface area is 156 Å². The average molecular weight is 381 g/mol. The normalized spacial score (nSPS) is 18.5. The van der Waals surface area contributed by atoms with Gasteiger partial charge in [-0.3, -0.25) is 4.90 Å². The lowest BCUT2D eigenvalue weighted by atomic mass is 10.1. The van der Waals surface area contributed by atoms with Gasteiger partial charge >= 0.3 is 0 Å². The van der Waals surface area contributed by atoms with Gasteiger partial charge in [0, 0.05) is 18.1 Å². The SMILES string of the molecule is CCCCCCCN1CCCCC1Oc1ccc(Cl)cc1Cl.Cl. The van der Waals surface area contributed by atoms with Crippen molar-refractivity contribution in [3.63, 3.8) is 0 Å². The summed E-state index contributed by atoms with van der Waals surface area (Å²) in [6, 6.07) is 5.45. The van der Waals surface area contributed by atoms with Crippen molar-refractivity contribution in [2.75, 3.05) is 13.1 Å². The maximum atomic E-state index is 6.23. The van der Waals surface area contributed by atoms with E-state index in [1.54, 1.807) is 6.07 Å². The molecule has 0 bridgehead atoms. The van der Waals surface area contributed by atoms with Crippen molar-refractivity contribution >= 4 is 35.6 Å². The molecule has 1 heterocycles. The number of nitrogens with zero attached hydrogens (tertiary/aromatic N) is 1. The molecule has 5 heteroatoms. The van der Waals surface area contributed by atoms with E-state index in [0.717, 1.165) is 25.3 Å². The Balaban J connectivity index is 0.00000264. The molecule has 2 nitrogen and oxygen atoms in total. The summed E-state index contributed by atoms with van der Waals surface area (Å²) in [5, 5.41) is 1.25. The van der Waals surface area contributed by atoms with E-state index in [9.17, 15) is 0 Å². The molecule has 0 radical (unpaired) electrons. The quantitative estimate of drug-likeness (QED) is 0.472. The van der Waals surface area contributed by atoms with Gasteiger partial charge in [0.25, 0.3) is 0 Å². The van der Waals surface area contributed by atoms with Crippen LogP contribution in [0.4, 0.5) is 0 Å². The Kier molecular flexibility index (Phi) is 10.4. The topological polar surface area (TPSA) is 12.5 Å². The van der Waals surface area contributed by atoms with Crippen molar-refractivity contribution in [1.82, 2.24) is 4.90 Å². The fourth-order valence-corrected chi connectivity index (χ4v) is 3.44. The number of rotatable bonds is 8. The molecule has 1 aromatic rings. The second kappa shape index (κ2) is 11.4. The molecule has 2 rings (SSSR count). The second-order valence-electron chi connectivity index (χ2n) is 6.09. The molecule has 1 fully saturated rings. The van der Waals surface area contributed by atoms with Gasteiger partial charge in [-0.25, -0.2) is 0 Å². The lowest BCUT2D eigenvalue weighted by Gasteiger charge is -2.35. The minimum Gasteiger partial charge on any atom is -0.474 e. The number of ether oxygens (including phenoxy) is 1. The zero-order valence-corrected chi connectivity index (χ0v) is 16.2. The predicted molar refractivity (Wildman–Crippen MR) is 102 cm³/mol. The molecule has 0 aliphatic carbocycles. The van der Waals surface area contributed by atoms with Crippen molar-refractivity contribution in [2.24, 2.45) is 0 Å². The van der Waals surface area contributed by atoms with Crippen molar-refractivity contribution in [3.05, 3.63) is 28.2 Å². The van der Waals surface area contributed by atoms with Gasteiger partial charge < -0.3 is 4.74 Å². The molecular weight excluding hydrogens is 353 g/mol. The third-order valence-corrected chi connectivity index (χ3v) is 4.79. The van der Waals surface area contributed by atoms with Crippen molar-refractivity contribution in [1.29, 1.82) is 0 Å². The van der Waals surface area contributed by atoms with E-state index in [-0.39, 0.29) is 18.6 Å². The molecule has 0 N–H and O–H groups in total. The Morgan fingerprint density at radius 3 is 2.65 bits per heavy atom. The summed E-state index contributed by atoms with van der Waals surface area (Å²) in [6.07, 6.45) is 10.3. The van der Waals surface area contributed by atoms with Gasteiger partial charge in [-0.2, -0.15) is 0 Å². The van der Waals surface area contributed by atoms with E-state index in [1.807, 2.05) is 12.1 Å². The first-order valence-corrected chi connectivity index (χ1v) is 9.32. The first-order chi connectivity index (χ1) is 10.7. The molecule has 0 saturated carbocycles. The van der Waals surface area contributed by atoms with Crippen LogP contribution in [0, 0.1) is 0 Å². The standard InChI is InChI=1S/C18H27Cl2NO.ClH/c1-2-3-4-5-7-12-21-13-8-6-9-18(21)22-17-11-10-15(19)14-16(17)20;/h10-11,14,18H,2-9,12-13H2,1H3;1H. The first kappa shape index (κ1) is 20.9. The number of hydrogen-bond donors (Lipinski definition) is 0. The van der Waals surface area contributed by atoms with Gasteiger partial charge in [0.15, 0.2) is 6.23 Å². The van der Waals surface area contributed by atoms with Crippen molar-refractivity contribution < 1.29 is 4.74 Å².